The third-order valence-electron chi connectivity index (χ3n) is 3.96. The van der Waals surface area contributed by atoms with Crippen LogP contribution in [0.1, 0.15) is 11.1 Å². The first-order chi connectivity index (χ1) is 11.9. The van der Waals surface area contributed by atoms with Crippen molar-refractivity contribution in [1.82, 2.24) is 0 Å². The van der Waals surface area contributed by atoms with Gasteiger partial charge >= 0.3 is 5.97 Å². The molecule has 4 N–H and O–H groups in total. The molecular weight excluding hydrogens is 322 g/mol. The van der Waals surface area contributed by atoms with Crippen molar-refractivity contribution in [2.45, 2.75) is 18.9 Å². The van der Waals surface area contributed by atoms with Crippen LogP contribution in [0.3, 0.4) is 0 Å². The third-order valence-corrected chi connectivity index (χ3v) is 3.96. The Hall–Kier alpha value is -2.86. The maximum atomic E-state index is 12.7. The molecule has 2 aromatic carbocycles. The summed E-state index contributed by atoms with van der Waals surface area (Å²) < 4.78 is 4.75. The van der Waals surface area contributed by atoms with Gasteiger partial charge in [0.25, 0.3) is 0 Å². The van der Waals surface area contributed by atoms with Gasteiger partial charge in [0.1, 0.15) is 17.4 Å². The normalized spacial score (nSPS) is 13.0. The summed E-state index contributed by atoms with van der Waals surface area (Å²) in [6, 6.07) is 11.8. The van der Waals surface area contributed by atoms with Gasteiger partial charge < -0.3 is 20.7 Å². The Labute approximate surface area is 145 Å². The van der Waals surface area contributed by atoms with Gasteiger partial charge in [-0.1, -0.05) is 24.3 Å². The van der Waals surface area contributed by atoms with E-state index in [4.69, 9.17) is 10.5 Å². The molecule has 0 spiro atoms. The van der Waals surface area contributed by atoms with E-state index < -0.39 is 23.7 Å². The fourth-order valence-electron chi connectivity index (χ4n) is 2.56. The van der Waals surface area contributed by atoms with Crippen molar-refractivity contribution in [3.05, 3.63) is 59.7 Å². The monoisotopic (exact) mass is 343 g/mol. The van der Waals surface area contributed by atoms with Crippen molar-refractivity contribution in [2.75, 3.05) is 7.11 Å². The number of phenolic OH excluding ortho intramolecular Hbond substituents is 2. The lowest BCUT2D eigenvalue weighted by atomic mass is 9.89. The van der Waals surface area contributed by atoms with Crippen LogP contribution in [0.25, 0.3) is 0 Å². The Morgan fingerprint density at radius 2 is 1.36 bits per heavy atom. The van der Waals surface area contributed by atoms with Crippen LogP contribution in [0.15, 0.2) is 48.5 Å². The van der Waals surface area contributed by atoms with Crippen LogP contribution in [0.5, 0.6) is 11.5 Å². The summed E-state index contributed by atoms with van der Waals surface area (Å²) in [7, 11) is 1.23. The first-order valence-corrected chi connectivity index (χ1v) is 7.83. The number of ketones is 1. The molecule has 0 heterocycles. The SMILES string of the molecule is COC(=O)[C@H](Cc1ccc(O)cc1)C(=O)[C@@H](N)Cc1ccc(O)cc1. The van der Waals surface area contributed by atoms with Crippen LogP contribution in [0.4, 0.5) is 0 Å². The number of carbonyl (C=O) groups excluding carboxylic acids is 2. The number of methoxy groups -OCH3 is 1. The molecule has 0 saturated heterocycles. The maximum absolute atomic E-state index is 12.7. The highest BCUT2D eigenvalue weighted by Crippen LogP contribution is 2.18. The number of ether oxygens (including phenoxy) is 1. The van der Waals surface area contributed by atoms with Crippen LogP contribution in [0.2, 0.25) is 0 Å². The average molecular weight is 343 g/mol. The number of rotatable bonds is 7. The molecule has 6 nitrogen and oxygen atoms in total. The Morgan fingerprint density at radius 1 is 0.920 bits per heavy atom. The fourth-order valence-corrected chi connectivity index (χ4v) is 2.56. The Bertz CT molecular complexity index is 724. The second-order valence-electron chi connectivity index (χ2n) is 5.83. The second kappa shape index (κ2) is 8.30. The van der Waals surface area contributed by atoms with Gasteiger partial charge in [0, 0.05) is 0 Å². The van der Waals surface area contributed by atoms with E-state index in [-0.39, 0.29) is 24.3 Å². The van der Waals surface area contributed by atoms with Gasteiger partial charge in [0.05, 0.1) is 13.2 Å². The zero-order valence-electron chi connectivity index (χ0n) is 13.9. The molecule has 2 rings (SSSR count). The Morgan fingerprint density at radius 3 is 1.80 bits per heavy atom. The van der Waals surface area contributed by atoms with Crippen molar-refractivity contribution in [1.29, 1.82) is 0 Å². The Kier molecular flexibility index (Phi) is 6.14. The third kappa shape index (κ3) is 5.06. The molecular formula is C19H21NO5. The summed E-state index contributed by atoms with van der Waals surface area (Å²) >= 11 is 0. The molecule has 0 aliphatic carbocycles. The van der Waals surface area contributed by atoms with Gasteiger partial charge in [-0.2, -0.15) is 0 Å². The second-order valence-corrected chi connectivity index (χ2v) is 5.83. The molecule has 0 fully saturated rings. The van der Waals surface area contributed by atoms with E-state index in [1.54, 1.807) is 24.3 Å². The first-order valence-electron chi connectivity index (χ1n) is 7.83. The summed E-state index contributed by atoms with van der Waals surface area (Å²) in [5, 5.41) is 18.6. The van der Waals surface area contributed by atoms with Gasteiger partial charge in [-0.25, -0.2) is 0 Å². The summed E-state index contributed by atoms with van der Waals surface area (Å²) in [6.45, 7) is 0. The zero-order chi connectivity index (χ0) is 18.4. The lowest BCUT2D eigenvalue weighted by Gasteiger charge is -2.18. The molecule has 0 aromatic heterocycles. The van der Waals surface area contributed by atoms with Gasteiger partial charge in [-0.15, -0.1) is 0 Å². The van der Waals surface area contributed by atoms with E-state index in [1.165, 1.54) is 31.4 Å². The molecule has 0 unspecified atom stereocenters. The number of hydrogen-bond acceptors (Lipinski definition) is 6. The number of carbonyl (C=O) groups is 2. The summed E-state index contributed by atoms with van der Waals surface area (Å²) in [4.78, 5) is 24.7. The standard InChI is InChI=1S/C19H21NO5/c1-25-19(24)16(10-12-2-6-14(21)7-3-12)18(23)17(20)11-13-4-8-15(22)9-5-13/h2-9,16-17,21-22H,10-11,20H2,1H3/t16-,17+/m1/s1. The number of hydrogen-bond donors (Lipinski definition) is 3. The lowest BCUT2D eigenvalue weighted by molar-refractivity contribution is -0.149. The first kappa shape index (κ1) is 18.5. The zero-order valence-corrected chi connectivity index (χ0v) is 13.9. The number of Topliss-reactive ketones (excluding diaryl/α,β-unsaturated/α-hetero) is 1. The molecule has 25 heavy (non-hydrogen) atoms. The van der Waals surface area contributed by atoms with Crippen molar-refractivity contribution in [3.8, 4) is 11.5 Å². The molecule has 2 atom stereocenters. The molecule has 0 amide bonds. The van der Waals surface area contributed by atoms with Crippen molar-refractivity contribution >= 4 is 11.8 Å². The Balaban J connectivity index is 2.12. The van der Waals surface area contributed by atoms with E-state index in [2.05, 4.69) is 0 Å². The van der Waals surface area contributed by atoms with Gasteiger partial charge in [-0.05, 0) is 48.2 Å². The van der Waals surface area contributed by atoms with E-state index in [9.17, 15) is 19.8 Å². The number of nitrogens with two attached hydrogens (primary N) is 1. The van der Waals surface area contributed by atoms with Crippen LogP contribution >= 0.6 is 0 Å². The lowest BCUT2D eigenvalue weighted by Crippen LogP contribution is -2.41. The molecule has 0 saturated carbocycles. The van der Waals surface area contributed by atoms with Crippen molar-refractivity contribution in [2.24, 2.45) is 11.7 Å². The van der Waals surface area contributed by atoms with E-state index in [0.29, 0.717) is 0 Å². The van der Waals surface area contributed by atoms with Crippen LogP contribution in [-0.2, 0) is 27.2 Å². The molecule has 0 aliphatic rings. The van der Waals surface area contributed by atoms with Gasteiger partial charge in [0.15, 0.2) is 5.78 Å². The summed E-state index contributed by atoms with van der Waals surface area (Å²) in [5.74, 6) is -1.83. The highest BCUT2D eigenvalue weighted by atomic mass is 16.5. The predicted octanol–water partition coefficient (Wildman–Crippen LogP) is 1.57. The van der Waals surface area contributed by atoms with Gasteiger partial charge in [-0.3, -0.25) is 9.59 Å². The quantitative estimate of drug-likeness (QED) is 0.520. The minimum atomic E-state index is -1.01. The number of phenols is 2. The fraction of sp³-hybridized carbons (Fsp3) is 0.263. The average Bonchev–Trinajstić information content (AvgIpc) is 2.62. The van der Waals surface area contributed by atoms with Crippen molar-refractivity contribution in [3.63, 3.8) is 0 Å². The molecule has 2 aromatic rings. The van der Waals surface area contributed by atoms with Crippen molar-refractivity contribution < 1.29 is 24.5 Å². The summed E-state index contributed by atoms with van der Waals surface area (Å²) in [6.07, 6.45) is 0.400. The number of esters is 1. The largest absolute Gasteiger partial charge is 0.508 e. The minimum Gasteiger partial charge on any atom is -0.508 e. The summed E-state index contributed by atoms with van der Waals surface area (Å²) in [5.41, 5.74) is 7.50. The van der Waals surface area contributed by atoms with Crippen LogP contribution in [0, 0.1) is 5.92 Å². The highest BCUT2D eigenvalue weighted by Gasteiger charge is 2.31. The smallest absolute Gasteiger partial charge is 0.316 e. The minimum absolute atomic E-state index is 0.105. The number of benzene rings is 2. The van der Waals surface area contributed by atoms with Crippen LogP contribution < -0.4 is 5.73 Å². The maximum Gasteiger partial charge on any atom is 0.316 e. The van der Waals surface area contributed by atoms with E-state index in [1.807, 2.05) is 0 Å². The van der Waals surface area contributed by atoms with Crippen LogP contribution in [-0.4, -0.2) is 35.1 Å². The topological polar surface area (TPSA) is 110 Å². The molecule has 0 bridgehead atoms. The van der Waals surface area contributed by atoms with Gasteiger partial charge in [0.2, 0.25) is 0 Å². The molecule has 6 heteroatoms. The highest BCUT2D eigenvalue weighted by molar-refractivity contribution is 6.02. The predicted molar refractivity (Wildman–Crippen MR) is 92.1 cm³/mol. The molecule has 132 valence electrons. The van der Waals surface area contributed by atoms with E-state index >= 15 is 0 Å². The molecule has 0 radical (unpaired) electrons. The molecule has 0 aliphatic heterocycles. The van der Waals surface area contributed by atoms with E-state index in [0.717, 1.165) is 11.1 Å². The number of aromatic hydroxyl groups is 2.